The molecule has 6 heteroatoms. The van der Waals surface area contributed by atoms with Crippen molar-refractivity contribution in [2.24, 2.45) is 0 Å². The van der Waals surface area contributed by atoms with Crippen LogP contribution in [-0.4, -0.2) is 11.7 Å². The summed E-state index contributed by atoms with van der Waals surface area (Å²) in [7, 11) is 0. The highest BCUT2D eigenvalue weighted by Crippen LogP contribution is 2.58. The number of hydrogen-bond donors (Lipinski definition) is 0. The smallest absolute Gasteiger partial charge is 0.252 e. The monoisotopic (exact) mass is 857 g/mol. The lowest BCUT2D eigenvalue weighted by Gasteiger charge is -2.48. The molecule has 0 fully saturated rings. The third kappa shape index (κ3) is 6.45. The third-order valence-electron chi connectivity index (χ3n) is 13.7. The molecular formula is C57H56BN3S2. The highest BCUT2D eigenvalue weighted by Gasteiger charge is 2.49. The lowest BCUT2D eigenvalue weighted by molar-refractivity contribution is 0.588. The Morgan fingerprint density at radius 2 is 0.873 bits per heavy atom. The van der Waals surface area contributed by atoms with Crippen molar-refractivity contribution in [3.8, 4) is 22.4 Å². The Morgan fingerprint density at radius 1 is 0.413 bits per heavy atom. The van der Waals surface area contributed by atoms with Gasteiger partial charge in [0.1, 0.15) is 0 Å². The molecule has 0 atom stereocenters. The molecule has 11 rings (SSSR count). The number of rotatable bonds is 2. The second-order valence-electron chi connectivity index (χ2n) is 22.2. The molecule has 0 saturated carbocycles. The first kappa shape index (κ1) is 40.6. The van der Waals surface area contributed by atoms with Crippen molar-refractivity contribution in [3.05, 3.63) is 144 Å². The topological polar surface area (TPSA) is 19.4 Å². The van der Waals surface area contributed by atoms with Gasteiger partial charge in [0.2, 0.25) is 0 Å². The number of anilines is 6. The number of benzene rings is 6. The van der Waals surface area contributed by atoms with E-state index in [0.717, 1.165) is 16.8 Å². The van der Waals surface area contributed by atoms with E-state index in [9.17, 15) is 0 Å². The van der Waals surface area contributed by atoms with Gasteiger partial charge in [0, 0.05) is 48.3 Å². The molecule has 0 bridgehead atoms. The zero-order valence-electron chi connectivity index (χ0n) is 38.8. The summed E-state index contributed by atoms with van der Waals surface area (Å²) in [6, 6.07) is 44.5. The number of pyridine rings is 1. The van der Waals surface area contributed by atoms with E-state index < -0.39 is 0 Å². The molecular weight excluding hydrogens is 802 g/mol. The van der Waals surface area contributed by atoms with E-state index in [0.29, 0.717) is 0 Å². The van der Waals surface area contributed by atoms with Crippen molar-refractivity contribution in [3.63, 3.8) is 0 Å². The molecule has 0 spiro atoms. The molecule has 0 N–H and O–H groups in total. The Balaban J connectivity index is 1.26. The molecule has 0 amide bonds. The van der Waals surface area contributed by atoms with Crippen molar-refractivity contribution in [1.29, 1.82) is 0 Å². The quantitative estimate of drug-likeness (QED) is 0.161. The van der Waals surface area contributed by atoms with Gasteiger partial charge in [-0.25, -0.2) is 0 Å². The summed E-state index contributed by atoms with van der Waals surface area (Å²) in [6.45, 7) is 28.2. The second-order valence-corrected chi connectivity index (χ2v) is 24.4. The van der Waals surface area contributed by atoms with E-state index in [1.54, 1.807) is 0 Å². The van der Waals surface area contributed by atoms with Gasteiger partial charge in [-0.1, -0.05) is 167 Å². The van der Waals surface area contributed by atoms with Gasteiger partial charge in [-0.3, -0.25) is 4.98 Å². The van der Waals surface area contributed by atoms with Gasteiger partial charge in [-0.15, -0.1) is 0 Å². The molecule has 0 radical (unpaired) electrons. The molecule has 0 saturated heterocycles. The van der Waals surface area contributed by atoms with Crippen LogP contribution in [0.3, 0.4) is 0 Å². The van der Waals surface area contributed by atoms with Crippen LogP contribution in [0.5, 0.6) is 0 Å². The summed E-state index contributed by atoms with van der Waals surface area (Å²) in [5, 5.41) is 0. The van der Waals surface area contributed by atoms with Crippen LogP contribution in [0.1, 0.15) is 105 Å². The number of hydrogen-bond acceptors (Lipinski definition) is 5. The molecule has 1 aromatic heterocycles. The molecule has 314 valence electrons. The van der Waals surface area contributed by atoms with Crippen molar-refractivity contribution in [2.45, 2.75) is 124 Å². The summed E-state index contributed by atoms with van der Waals surface area (Å²) in [5.41, 5.74) is 21.6. The Hall–Kier alpha value is -5.17. The standard InChI is InChI=1S/C57H56BN3S2/c1-54(2,3)36-19-22-43-47(28-36)62-49-30-38(56(7,8)9)26-40-52(49)60(43)45-24-35(34-18-21-42(59-32-34)33-16-14-13-15-17-33)25-46-51(45)58(40)41-27-39(57(10,11)12)31-50-53(41)61(46)44-23-20-37(55(4,5)6)29-48(44)63-50/h13-32H,1-12H3. The van der Waals surface area contributed by atoms with E-state index in [-0.39, 0.29) is 28.4 Å². The maximum atomic E-state index is 5.09. The van der Waals surface area contributed by atoms with E-state index in [1.807, 2.05) is 23.5 Å². The predicted octanol–water partition coefficient (Wildman–Crippen LogP) is 14.6. The van der Waals surface area contributed by atoms with Crippen molar-refractivity contribution in [2.75, 3.05) is 9.80 Å². The van der Waals surface area contributed by atoms with Gasteiger partial charge in [-0.05, 0) is 120 Å². The summed E-state index contributed by atoms with van der Waals surface area (Å²) >= 11 is 3.91. The molecule has 5 heterocycles. The minimum absolute atomic E-state index is 0.0258. The zero-order valence-corrected chi connectivity index (χ0v) is 40.4. The first-order valence-corrected chi connectivity index (χ1v) is 24.2. The zero-order chi connectivity index (χ0) is 44.1. The van der Waals surface area contributed by atoms with E-state index in [2.05, 4.69) is 214 Å². The summed E-state index contributed by atoms with van der Waals surface area (Å²) in [4.78, 5) is 15.7. The van der Waals surface area contributed by atoms with Gasteiger partial charge in [-0.2, -0.15) is 0 Å². The number of nitrogens with zero attached hydrogens (tertiary/aromatic N) is 3. The van der Waals surface area contributed by atoms with Gasteiger partial charge >= 0.3 is 0 Å². The van der Waals surface area contributed by atoms with Gasteiger partial charge in [0.15, 0.2) is 0 Å². The van der Waals surface area contributed by atoms with E-state index in [4.69, 9.17) is 4.98 Å². The summed E-state index contributed by atoms with van der Waals surface area (Å²) < 4.78 is 0. The van der Waals surface area contributed by atoms with Crippen LogP contribution in [0.2, 0.25) is 0 Å². The highest BCUT2D eigenvalue weighted by molar-refractivity contribution is 8.00. The SMILES string of the molecule is CC(C)(C)c1ccc2c(c1)Sc1cc(C(C)(C)C)cc3c1N2c1cc(-c2ccc(-c4ccccc4)nc2)cc2c1B3c1cc(C(C)(C)C)cc3c1N2c1ccc(C(C)(C)C)cc1S3. The van der Waals surface area contributed by atoms with Gasteiger partial charge in [0.05, 0.1) is 28.4 Å². The average molecular weight is 858 g/mol. The van der Waals surface area contributed by atoms with Crippen LogP contribution in [0.4, 0.5) is 34.1 Å². The van der Waals surface area contributed by atoms with Gasteiger partial charge < -0.3 is 9.80 Å². The number of fused-ring (bicyclic) bond motifs is 8. The van der Waals surface area contributed by atoms with Crippen LogP contribution in [0.25, 0.3) is 22.4 Å². The van der Waals surface area contributed by atoms with Crippen LogP contribution < -0.4 is 26.2 Å². The molecule has 63 heavy (non-hydrogen) atoms. The van der Waals surface area contributed by atoms with Crippen LogP contribution in [0.15, 0.2) is 141 Å². The Kier molecular flexibility index (Phi) is 8.81. The minimum atomic E-state index is -0.0384. The molecule has 7 aromatic rings. The van der Waals surface area contributed by atoms with Crippen LogP contribution >= 0.6 is 23.5 Å². The normalized spacial score (nSPS) is 14.8. The fourth-order valence-corrected chi connectivity index (χ4v) is 12.3. The minimum Gasteiger partial charge on any atom is -0.309 e. The van der Waals surface area contributed by atoms with E-state index in [1.165, 1.54) is 97.9 Å². The Labute approximate surface area is 383 Å². The van der Waals surface area contributed by atoms with Crippen molar-refractivity contribution < 1.29 is 0 Å². The molecule has 0 aliphatic carbocycles. The molecule has 6 aromatic carbocycles. The second kappa shape index (κ2) is 13.7. The number of aromatic nitrogens is 1. The highest BCUT2D eigenvalue weighted by atomic mass is 32.2. The van der Waals surface area contributed by atoms with Crippen LogP contribution in [-0.2, 0) is 21.7 Å². The first-order chi connectivity index (χ1) is 29.7. The average Bonchev–Trinajstić information content (AvgIpc) is 3.23. The predicted molar refractivity (Wildman–Crippen MR) is 272 cm³/mol. The largest absolute Gasteiger partial charge is 0.309 e. The van der Waals surface area contributed by atoms with Gasteiger partial charge in [0.25, 0.3) is 6.71 Å². The summed E-state index contributed by atoms with van der Waals surface area (Å²) in [5.74, 6) is 0. The van der Waals surface area contributed by atoms with Crippen molar-refractivity contribution >= 4 is 80.7 Å². The fraction of sp³-hybridized carbons (Fsp3) is 0.281. The molecule has 4 aliphatic heterocycles. The van der Waals surface area contributed by atoms with Crippen LogP contribution in [0, 0.1) is 0 Å². The molecule has 0 unspecified atom stereocenters. The lowest BCUT2D eigenvalue weighted by atomic mass is 9.33. The third-order valence-corrected chi connectivity index (χ3v) is 15.8. The fourth-order valence-electron chi connectivity index (χ4n) is 9.95. The Bertz CT molecular complexity index is 2890. The first-order valence-electron chi connectivity index (χ1n) is 22.6. The van der Waals surface area contributed by atoms with Crippen molar-refractivity contribution in [1.82, 2.24) is 4.98 Å². The molecule has 4 aliphatic rings. The maximum Gasteiger partial charge on any atom is 0.252 e. The summed E-state index contributed by atoms with van der Waals surface area (Å²) in [6.07, 6.45) is 2.08. The maximum absolute atomic E-state index is 5.09. The Morgan fingerprint density at radius 3 is 1.30 bits per heavy atom. The van der Waals surface area contributed by atoms with E-state index >= 15 is 0 Å². The lowest BCUT2D eigenvalue weighted by Crippen LogP contribution is -2.62. The molecule has 3 nitrogen and oxygen atoms in total.